The Kier molecular flexibility index (Phi) is 6.96. The Morgan fingerprint density at radius 3 is 2.33 bits per heavy atom. The van der Waals surface area contributed by atoms with E-state index in [1.807, 2.05) is 31.2 Å². The summed E-state index contributed by atoms with van der Waals surface area (Å²) in [4.78, 5) is 38.3. The molecule has 7 heteroatoms. The topological polar surface area (TPSA) is 95.9 Å². The number of rotatable bonds is 7. The summed E-state index contributed by atoms with van der Waals surface area (Å²) < 4.78 is 5.56. The fourth-order valence-corrected chi connectivity index (χ4v) is 4.90. The third-order valence-electron chi connectivity index (χ3n) is 6.76. The van der Waals surface area contributed by atoms with Crippen LogP contribution in [-0.2, 0) is 14.3 Å². The number of amides is 2. The second kappa shape index (κ2) is 10.1. The number of hydrogen-bond donors (Lipinski definition) is 2. The molecule has 1 fully saturated rings. The summed E-state index contributed by atoms with van der Waals surface area (Å²) in [6, 6.07) is 16.3. The summed E-state index contributed by atoms with van der Waals surface area (Å²) in [6.45, 7) is 3.07. The molecule has 0 bridgehead atoms. The molecular formula is C26H30N2O5. The molecule has 1 saturated heterocycles. The number of nitrogens with zero attached hydrogens (tertiary/aromatic N) is 1. The van der Waals surface area contributed by atoms with Crippen molar-refractivity contribution in [2.75, 3.05) is 26.2 Å². The number of hydrogen-bond acceptors (Lipinski definition) is 4. The number of alkyl carbamates (subject to hydrolysis) is 1. The lowest BCUT2D eigenvalue weighted by Gasteiger charge is -2.33. The van der Waals surface area contributed by atoms with Crippen molar-refractivity contribution in [2.45, 2.75) is 32.1 Å². The van der Waals surface area contributed by atoms with Crippen molar-refractivity contribution in [3.05, 3.63) is 59.7 Å². The Morgan fingerprint density at radius 1 is 1.09 bits per heavy atom. The highest BCUT2D eigenvalue weighted by molar-refractivity contribution is 5.81. The lowest BCUT2D eigenvalue weighted by Crippen LogP contribution is -2.47. The van der Waals surface area contributed by atoms with Gasteiger partial charge in [-0.25, -0.2) is 4.79 Å². The molecule has 4 rings (SSSR count). The number of carboxylic acids is 1. The zero-order chi connectivity index (χ0) is 23.4. The minimum atomic E-state index is -0.864. The van der Waals surface area contributed by atoms with Crippen LogP contribution < -0.4 is 5.32 Å². The van der Waals surface area contributed by atoms with Gasteiger partial charge in [0.2, 0.25) is 5.91 Å². The van der Waals surface area contributed by atoms with Crippen LogP contribution in [0.15, 0.2) is 48.5 Å². The highest BCUT2D eigenvalue weighted by atomic mass is 16.5. The number of likely N-dealkylation sites (tertiary alicyclic amines) is 1. The van der Waals surface area contributed by atoms with E-state index in [0.717, 1.165) is 11.1 Å². The van der Waals surface area contributed by atoms with E-state index in [-0.39, 0.29) is 31.5 Å². The standard InChI is InChI=1S/C26H30N2O5/c1-2-17(24(29)28-13-7-8-18(15-28)25(30)31)14-27-26(32)33-16-23-21-11-5-3-9-19(21)20-10-4-6-12-22(20)23/h3-6,9-12,17-18,23H,2,7-8,13-16H2,1H3,(H,27,32)(H,30,31)/t17?,18-/m0/s1. The quantitative estimate of drug-likeness (QED) is 0.668. The maximum absolute atomic E-state index is 12.9. The van der Waals surface area contributed by atoms with E-state index in [1.165, 1.54) is 11.1 Å². The van der Waals surface area contributed by atoms with Crippen molar-refractivity contribution in [3.8, 4) is 11.1 Å². The molecule has 0 saturated carbocycles. The van der Waals surface area contributed by atoms with Crippen molar-refractivity contribution in [2.24, 2.45) is 11.8 Å². The normalized spacial score (nSPS) is 18.2. The summed E-state index contributed by atoms with van der Waals surface area (Å²) in [6.07, 6.45) is 1.27. The molecular weight excluding hydrogens is 420 g/mol. The number of benzene rings is 2. The Bertz CT molecular complexity index is 991. The van der Waals surface area contributed by atoms with Gasteiger partial charge in [0.15, 0.2) is 0 Å². The second-order valence-corrected chi connectivity index (χ2v) is 8.77. The highest BCUT2D eigenvalue weighted by Gasteiger charge is 2.32. The van der Waals surface area contributed by atoms with Gasteiger partial charge in [-0.3, -0.25) is 9.59 Å². The summed E-state index contributed by atoms with van der Waals surface area (Å²) in [7, 11) is 0. The largest absolute Gasteiger partial charge is 0.481 e. The minimum Gasteiger partial charge on any atom is -0.481 e. The van der Waals surface area contributed by atoms with Gasteiger partial charge in [0.25, 0.3) is 0 Å². The van der Waals surface area contributed by atoms with E-state index in [2.05, 4.69) is 29.6 Å². The second-order valence-electron chi connectivity index (χ2n) is 8.77. The summed E-state index contributed by atoms with van der Waals surface area (Å²) in [5, 5.41) is 12.0. The van der Waals surface area contributed by atoms with Gasteiger partial charge in [-0.05, 0) is 41.5 Å². The molecule has 1 aliphatic heterocycles. The number of fused-ring (bicyclic) bond motifs is 3. The average Bonchev–Trinajstić information content (AvgIpc) is 3.16. The predicted octanol–water partition coefficient (Wildman–Crippen LogP) is 3.87. The lowest BCUT2D eigenvalue weighted by molar-refractivity contribution is -0.146. The Labute approximate surface area is 193 Å². The molecule has 0 radical (unpaired) electrons. The van der Waals surface area contributed by atoms with E-state index in [9.17, 15) is 19.5 Å². The van der Waals surface area contributed by atoms with Crippen molar-refractivity contribution in [1.29, 1.82) is 0 Å². The SMILES string of the molecule is CCC(CNC(=O)OCC1c2ccccc2-c2ccccc21)C(=O)N1CCC[C@H](C(=O)O)C1. The smallest absolute Gasteiger partial charge is 0.407 e. The van der Waals surface area contributed by atoms with E-state index in [0.29, 0.717) is 25.8 Å². The molecule has 1 heterocycles. The van der Waals surface area contributed by atoms with E-state index in [4.69, 9.17) is 4.74 Å². The maximum Gasteiger partial charge on any atom is 0.407 e. The van der Waals surface area contributed by atoms with Gasteiger partial charge >= 0.3 is 12.1 Å². The van der Waals surface area contributed by atoms with Crippen LogP contribution in [-0.4, -0.2) is 54.2 Å². The van der Waals surface area contributed by atoms with Crippen LogP contribution in [0, 0.1) is 11.8 Å². The van der Waals surface area contributed by atoms with E-state index >= 15 is 0 Å². The van der Waals surface area contributed by atoms with Crippen molar-refractivity contribution in [3.63, 3.8) is 0 Å². The molecule has 7 nitrogen and oxygen atoms in total. The van der Waals surface area contributed by atoms with Crippen LogP contribution in [0.2, 0.25) is 0 Å². The van der Waals surface area contributed by atoms with E-state index < -0.39 is 23.9 Å². The van der Waals surface area contributed by atoms with Crippen LogP contribution in [0.3, 0.4) is 0 Å². The third-order valence-corrected chi connectivity index (χ3v) is 6.76. The Morgan fingerprint density at radius 2 is 1.73 bits per heavy atom. The minimum absolute atomic E-state index is 0.0203. The number of piperidine rings is 1. The van der Waals surface area contributed by atoms with Crippen molar-refractivity contribution >= 4 is 18.0 Å². The first-order valence-corrected chi connectivity index (χ1v) is 11.6. The zero-order valence-corrected chi connectivity index (χ0v) is 18.8. The maximum atomic E-state index is 12.9. The van der Waals surface area contributed by atoms with Gasteiger partial charge in [-0.1, -0.05) is 55.5 Å². The fourth-order valence-electron chi connectivity index (χ4n) is 4.90. The average molecular weight is 451 g/mol. The van der Waals surface area contributed by atoms with Crippen LogP contribution in [0.1, 0.15) is 43.2 Å². The van der Waals surface area contributed by atoms with Gasteiger partial charge in [-0.2, -0.15) is 0 Å². The number of nitrogens with one attached hydrogen (secondary N) is 1. The van der Waals surface area contributed by atoms with Gasteiger partial charge in [-0.15, -0.1) is 0 Å². The Hall–Kier alpha value is -3.35. The molecule has 2 atom stereocenters. The predicted molar refractivity (Wildman–Crippen MR) is 124 cm³/mol. The number of ether oxygens (including phenoxy) is 1. The van der Waals surface area contributed by atoms with Crippen LogP contribution in [0.25, 0.3) is 11.1 Å². The van der Waals surface area contributed by atoms with Gasteiger partial charge in [0.05, 0.1) is 11.8 Å². The lowest BCUT2D eigenvalue weighted by atomic mass is 9.96. The summed E-state index contributed by atoms with van der Waals surface area (Å²) in [5.41, 5.74) is 4.62. The molecule has 2 amide bonds. The molecule has 2 aromatic rings. The molecule has 0 spiro atoms. The highest BCUT2D eigenvalue weighted by Crippen LogP contribution is 2.44. The first-order chi connectivity index (χ1) is 16.0. The molecule has 2 aromatic carbocycles. The number of carbonyl (C=O) groups excluding carboxylic acids is 2. The molecule has 33 heavy (non-hydrogen) atoms. The van der Waals surface area contributed by atoms with Gasteiger partial charge < -0.3 is 20.1 Å². The molecule has 1 unspecified atom stereocenters. The number of carboxylic acid groups (broad SMARTS) is 1. The van der Waals surface area contributed by atoms with Crippen molar-refractivity contribution in [1.82, 2.24) is 10.2 Å². The fraction of sp³-hybridized carbons (Fsp3) is 0.423. The zero-order valence-electron chi connectivity index (χ0n) is 18.8. The monoisotopic (exact) mass is 450 g/mol. The summed E-state index contributed by atoms with van der Waals surface area (Å²) >= 11 is 0. The van der Waals surface area contributed by atoms with Gasteiger partial charge in [0, 0.05) is 25.6 Å². The van der Waals surface area contributed by atoms with Crippen LogP contribution >= 0.6 is 0 Å². The number of carbonyl (C=O) groups is 3. The molecule has 1 aliphatic carbocycles. The molecule has 2 aliphatic rings. The Balaban J connectivity index is 1.32. The molecule has 2 N–H and O–H groups in total. The third kappa shape index (κ3) is 4.87. The number of aliphatic carboxylic acids is 1. The van der Waals surface area contributed by atoms with Crippen molar-refractivity contribution < 1.29 is 24.2 Å². The van der Waals surface area contributed by atoms with Crippen LogP contribution in [0.4, 0.5) is 4.79 Å². The first-order valence-electron chi connectivity index (χ1n) is 11.6. The van der Waals surface area contributed by atoms with Gasteiger partial charge in [0.1, 0.15) is 6.61 Å². The van der Waals surface area contributed by atoms with E-state index in [1.54, 1.807) is 4.90 Å². The van der Waals surface area contributed by atoms with Crippen LogP contribution in [0.5, 0.6) is 0 Å². The summed E-state index contributed by atoms with van der Waals surface area (Å²) in [5.74, 6) is -1.92. The first kappa shape index (κ1) is 22.8. The molecule has 0 aromatic heterocycles. The molecule has 174 valence electrons.